The van der Waals surface area contributed by atoms with E-state index in [1.807, 2.05) is 0 Å². The van der Waals surface area contributed by atoms with Gasteiger partial charge in [0.15, 0.2) is 21.7 Å². The summed E-state index contributed by atoms with van der Waals surface area (Å²) >= 11 is 0. The van der Waals surface area contributed by atoms with Crippen LogP contribution in [0.1, 0.15) is 39.0 Å². The highest BCUT2D eigenvalue weighted by atomic mass is 32.2. The molecule has 1 aliphatic rings. The Kier molecular flexibility index (Phi) is 9.39. The van der Waals surface area contributed by atoms with Crippen molar-refractivity contribution in [2.75, 3.05) is 12.0 Å². The van der Waals surface area contributed by atoms with Gasteiger partial charge in [-0.2, -0.15) is 39.5 Å². The van der Waals surface area contributed by atoms with Gasteiger partial charge in [0.2, 0.25) is 0 Å². The largest absolute Gasteiger partial charge is 0.743 e. The van der Waals surface area contributed by atoms with Crippen LogP contribution in [0, 0.1) is 0 Å². The normalized spacial score (nSPS) is 18.6. The number of alkyl halides is 9. The minimum Gasteiger partial charge on any atom is -0.743 e. The van der Waals surface area contributed by atoms with E-state index in [0.29, 0.717) is 16.7 Å². The number of halogens is 9. The van der Waals surface area contributed by atoms with E-state index in [2.05, 4.69) is 6.26 Å². The molecule has 174 valence electrons. The van der Waals surface area contributed by atoms with Gasteiger partial charge in [0.05, 0.1) is 6.26 Å². The van der Waals surface area contributed by atoms with E-state index in [1.165, 1.54) is 32.1 Å². The zero-order valence-electron chi connectivity index (χ0n) is 15.2. The number of carbonyl (C=O) groups is 1. The van der Waals surface area contributed by atoms with Gasteiger partial charge in [0.1, 0.15) is 5.25 Å². The number of rotatable bonds is 6. The van der Waals surface area contributed by atoms with Gasteiger partial charge in [-0.15, -0.1) is 0 Å². The monoisotopic (exact) mass is 486 g/mol. The summed E-state index contributed by atoms with van der Waals surface area (Å²) in [5.74, 6) is -13.6. The first-order chi connectivity index (χ1) is 12.7. The van der Waals surface area contributed by atoms with Crippen LogP contribution >= 0.6 is 0 Å². The molecule has 1 saturated carbocycles. The van der Waals surface area contributed by atoms with E-state index in [-0.39, 0.29) is 0 Å². The number of ketones is 1. The molecular formula is C14H19F9O4S2. The van der Waals surface area contributed by atoms with E-state index >= 15 is 0 Å². The molecule has 29 heavy (non-hydrogen) atoms. The number of hydrogen-bond donors (Lipinski definition) is 0. The minimum absolute atomic E-state index is 0.364. The molecule has 1 atom stereocenters. The third-order valence-electron chi connectivity index (χ3n) is 3.98. The van der Waals surface area contributed by atoms with Crippen molar-refractivity contribution in [3.63, 3.8) is 0 Å². The predicted molar refractivity (Wildman–Crippen MR) is 86.3 cm³/mol. The van der Waals surface area contributed by atoms with Crippen LogP contribution in [0.4, 0.5) is 39.5 Å². The summed E-state index contributed by atoms with van der Waals surface area (Å²) in [5, 5.41) is -6.25. The maximum Gasteiger partial charge on any atom is 0.460 e. The average molecular weight is 486 g/mol. The topological polar surface area (TPSA) is 74.3 Å². The van der Waals surface area contributed by atoms with Crippen LogP contribution in [0.2, 0.25) is 0 Å². The Labute approximate surface area is 164 Å². The van der Waals surface area contributed by atoms with Crippen LogP contribution in [-0.4, -0.2) is 59.3 Å². The molecule has 0 saturated heterocycles. The molecule has 0 aliphatic heterocycles. The minimum atomic E-state index is -7.43. The Bertz CT molecular complexity index is 656. The molecule has 0 aromatic rings. The van der Waals surface area contributed by atoms with E-state index in [4.69, 9.17) is 0 Å². The average Bonchev–Trinajstić information content (AvgIpc) is 2.53. The van der Waals surface area contributed by atoms with Crippen molar-refractivity contribution >= 4 is 26.8 Å². The van der Waals surface area contributed by atoms with E-state index in [1.54, 1.807) is 6.92 Å². The molecular weight excluding hydrogens is 467 g/mol. The molecule has 1 unspecified atom stereocenters. The molecule has 1 rings (SSSR count). The predicted octanol–water partition coefficient (Wildman–Crippen LogP) is 4.11. The summed E-state index contributed by atoms with van der Waals surface area (Å²) in [6, 6.07) is 0. The lowest BCUT2D eigenvalue weighted by molar-refractivity contribution is -0.382. The summed E-state index contributed by atoms with van der Waals surface area (Å²) in [5.41, 5.74) is 0. The molecule has 0 spiro atoms. The van der Waals surface area contributed by atoms with Gasteiger partial charge in [-0.3, -0.25) is 4.79 Å². The zero-order chi connectivity index (χ0) is 23.5. The van der Waals surface area contributed by atoms with Crippen LogP contribution in [0.3, 0.4) is 0 Å². The number of carbonyl (C=O) groups excluding carboxylic acids is 1. The lowest BCUT2D eigenvalue weighted by Crippen LogP contribution is -2.63. The maximum atomic E-state index is 12.2. The molecule has 1 fully saturated rings. The molecule has 4 nitrogen and oxygen atoms in total. The fourth-order valence-electron chi connectivity index (χ4n) is 2.42. The standard InChI is InChI=1S/C10H19OS.C4HF9O3S/c1-9(11)8-12(2)10-6-4-3-5-7-10;5-1(6,3(9,10)11)2(7,8)4(12,13)17(14,15)16/h10H,3-8H2,1-2H3;(H,14,15,16)/q+1;/p-1. The van der Waals surface area contributed by atoms with Gasteiger partial charge < -0.3 is 4.55 Å². The van der Waals surface area contributed by atoms with Gasteiger partial charge >= 0.3 is 23.3 Å². The van der Waals surface area contributed by atoms with Crippen LogP contribution < -0.4 is 0 Å². The summed E-state index contributed by atoms with van der Waals surface area (Å²) in [6.45, 7) is 1.71. The third kappa shape index (κ3) is 6.64. The van der Waals surface area contributed by atoms with Gasteiger partial charge in [0.25, 0.3) is 0 Å². The summed E-state index contributed by atoms with van der Waals surface area (Å²) in [6.07, 6.45) is 2.02. The Morgan fingerprint density at radius 2 is 1.34 bits per heavy atom. The molecule has 0 amide bonds. The lowest BCUT2D eigenvalue weighted by Gasteiger charge is -2.34. The number of hydrogen-bond acceptors (Lipinski definition) is 4. The fraction of sp³-hybridized carbons (Fsp3) is 0.929. The fourth-order valence-corrected chi connectivity index (χ4v) is 4.88. The molecule has 15 heteroatoms. The molecule has 0 bridgehead atoms. The zero-order valence-corrected chi connectivity index (χ0v) is 16.8. The molecule has 0 aromatic heterocycles. The molecule has 0 radical (unpaired) electrons. The first-order valence-electron chi connectivity index (χ1n) is 7.96. The lowest BCUT2D eigenvalue weighted by atomic mass is 10.0. The van der Waals surface area contributed by atoms with Gasteiger partial charge in [-0.25, -0.2) is 8.42 Å². The Hall–Kier alpha value is -0.700. The maximum absolute atomic E-state index is 12.2. The SMILES string of the molecule is CC(=O)C[S+](C)C1CCCCC1.O=S(=O)([O-])C(F)(F)C(F)(F)C(F)(F)C(F)(F)F. The first-order valence-corrected chi connectivity index (χ1v) is 11.2. The molecule has 0 N–H and O–H groups in total. The van der Waals surface area contributed by atoms with Gasteiger partial charge in [-0.05, 0) is 43.5 Å². The van der Waals surface area contributed by atoms with Crippen LogP contribution in [0.15, 0.2) is 0 Å². The second-order valence-electron chi connectivity index (χ2n) is 6.41. The van der Waals surface area contributed by atoms with Crippen molar-refractivity contribution in [3.05, 3.63) is 0 Å². The van der Waals surface area contributed by atoms with Crippen molar-refractivity contribution in [1.82, 2.24) is 0 Å². The van der Waals surface area contributed by atoms with Crippen LogP contribution in [0.5, 0.6) is 0 Å². The summed E-state index contributed by atoms with van der Waals surface area (Å²) in [4.78, 5) is 10.9. The van der Waals surface area contributed by atoms with Crippen molar-refractivity contribution < 1.29 is 57.3 Å². The molecule has 0 heterocycles. The quantitative estimate of drug-likeness (QED) is 0.322. The van der Waals surface area contributed by atoms with Gasteiger partial charge in [-0.1, -0.05) is 6.42 Å². The Balaban J connectivity index is 0.000000571. The highest BCUT2D eigenvalue weighted by Gasteiger charge is 2.83. The second kappa shape index (κ2) is 9.62. The summed E-state index contributed by atoms with van der Waals surface area (Å²) < 4.78 is 135. The summed E-state index contributed by atoms with van der Waals surface area (Å²) in [7, 11) is -7.05. The van der Waals surface area contributed by atoms with Crippen LogP contribution in [-0.2, 0) is 25.8 Å². The smallest absolute Gasteiger partial charge is 0.460 e. The van der Waals surface area contributed by atoms with Crippen molar-refractivity contribution in [3.8, 4) is 0 Å². The number of Topliss-reactive ketones (excluding diaryl/α,β-unsaturated/α-hetero) is 1. The van der Waals surface area contributed by atoms with Crippen molar-refractivity contribution in [2.45, 2.75) is 67.6 Å². The molecule has 0 aromatic carbocycles. The van der Waals surface area contributed by atoms with Crippen molar-refractivity contribution in [1.29, 1.82) is 0 Å². The second-order valence-corrected chi connectivity index (χ2v) is 10.2. The van der Waals surface area contributed by atoms with Crippen LogP contribution in [0.25, 0.3) is 0 Å². The van der Waals surface area contributed by atoms with E-state index in [9.17, 15) is 57.3 Å². The first kappa shape index (κ1) is 28.3. The highest BCUT2D eigenvalue weighted by molar-refractivity contribution is 7.97. The van der Waals surface area contributed by atoms with Crippen molar-refractivity contribution in [2.24, 2.45) is 0 Å². The highest BCUT2D eigenvalue weighted by Crippen LogP contribution is 2.54. The van der Waals surface area contributed by atoms with E-state index in [0.717, 1.165) is 11.0 Å². The Morgan fingerprint density at radius 3 is 1.66 bits per heavy atom. The molecule has 1 aliphatic carbocycles. The van der Waals surface area contributed by atoms with Gasteiger partial charge in [0, 0.05) is 0 Å². The van der Waals surface area contributed by atoms with E-state index < -0.39 is 33.4 Å². The Morgan fingerprint density at radius 1 is 0.931 bits per heavy atom. The third-order valence-corrected chi connectivity index (χ3v) is 7.34.